The number of benzene rings is 2. The quantitative estimate of drug-likeness (QED) is 0.559. The van der Waals surface area contributed by atoms with Crippen molar-refractivity contribution in [2.75, 3.05) is 0 Å². The maximum Gasteiger partial charge on any atom is 0.267 e. The Balaban J connectivity index is 2.34. The van der Waals surface area contributed by atoms with Crippen LogP contribution in [-0.4, -0.2) is 15.4 Å². The fraction of sp³-hybridized carbons (Fsp3) is 0.150. The second-order valence-corrected chi connectivity index (χ2v) is 6.22. The van der Waals surface area contributed by atoms with E-state index in [0.29, 0.717) is 33.3 Å². The van der Waals surface area contributed by atoms with Gasteiger partial charge in [-0.25, -0.2) is 4.98 Å². The molecular formula is C20H19ClN4O. The molecule has 26 heavy (non-hydrogen) atoms. The second kappa shape index (κ2) is 7.54. The standard InChI is InChI=1S/C20H19ClN4O/c1-3-8-17(22)23-13(2)19-24-16-12-7-11-15(21)18(16)20(26)25(19)14-9-5-4-6-10-14/h3-13H,1-2H3,(H2,22,23)/b8-3-. The van der Waals surface area contributed by atoms with Crippen molar-refractivity contribution in [3.63, 3.8) is 0 Å². The lowest BCUT2D eigenvalue weighted by Gasteiger charge is -2.17. The number of aliphatic imine (C=N–C) groups is 1. The van der Waals surface area contributed by atoms with Crippen LogP contribution in [0, 0.1) is 0 Å². The second-order valence-electron chi connectivity index (χ2n) is 5.81. The van der Waals surface area contributed by atoms with Crippen molar-refractivity contribution in [2.45, 2.75) is 19.9 Å². The van der Waals surface area contributed by atoms with Crippen LogP contribution in [0.4, 0.5) is 0 Å². The maximum atomic E-state index is 13.2. The molecule has 1 aromatic heterocycles. The number of hydrogen-bond donors (Lipinski definition) is 1. The summed E-state index contributed by atoms with van der Waals surface area (Å²) in [6.07, 6.45) is 3.52. The van der Waals surface area contributed by atoms with Crippen LogP contribution in [0.5, 0.6) is 0 Å². The van der Waals surface area contributed by atoms with Crippen molar-refractivity contribution in [1.82, 2.24) is 9.55 Å². The van der Waals surface area contributed by atoms with Crippen LogP contribution in [0.1, 0.15) is 25.7 Å². The Morgan fingerprint density at radius 1 is 1.23 bits per heavy atom. The van der Waals surface area contributed by atoms with Gasteiger partial charge in [0, 0.05) is 0 Å². The molecule has 0 aliphatic heterocycles. The third-order valence-electron chi connectivity index (χ3n) is 3.94. The lowest BCUT2D eigenvalue weighted by molar-refractivity contribution is 0.698. The highest BCUT2D eigenvalue weighted by atomic mass is 35.5. The van der Waals surface area contributed by atoms with Gasteiger partial charge in [0.1, 0.15) is 17.7 Å². The van der Waals surface area contributed by atoms with Crippen molar-refractivity contribution >= 4 is 28.3 Å². The Bertz CT molecular complexity index is 1050. The molecule has 2 aromatic carbocycles. The van der Waals surface area contributed by atoms with E-state index in [1.807, 2.05) is 50.3 Å². The number of nitrogens with two attached hydrogens (primary N) is 1. The van der Waals surface area contributed by atoms with E-state index in [4.69, 9.17) is 17.3 Å². The zero-order valence-electron chi connectivity index (χ0n) is 14.6. The minimum Gasteiger partial charge on any atom is -0.384 e. The Kier molecular flexibility index (Phi) is 5.19. The number of halogens is 1. The molecule has 3 aromatic rings. The zero-order chi connectivity index (χ0) is 18.7. The molecule has 132 valence electrons. The van der Waals surface area contributed by atoms with Crippen LogP contribution in [-0.2, 0) is 0 Å². The molecule has 0 saturated carbocycles. The molecule has 0 bridgehead atoms. The van der Waals surface area contributed by atoms with Gasteiger partial charge < -0.3 is 5.73 Å². The first-order chi connectivity index (χ1) is 12.5. The van der Waals surface area contributed by atoms with Crippen LogP contribution in [0.3, 0.4) is 0 Å². The smallest absolute Gasteiger partial charge is 0.267 e. The molecule has 0 aliphatic carbocycles. The normalized spacial score (nSPS) is 13.4. The first kappa shape index (κ1) is 17.9. The Morgan fingerprint density at radius 3 is 2.65 bits per heavy atom. The van der Waals surface area contributed by atoms with E-state index < -0.39 is 6.04 Å². The van der Waals surface area contributed by atoms with Gasteiger partial charge in [0.05, 0.1) is 21.6 Å². The molecule has 3 rings (SSSR count). The number of rotatable bonds is 4. The van der Waals surface area contributed by atoms with Gasteiger partial charge in [-0.15, -0.1) is 0 Å². The lowest BCUT2D eigenvalue weighted by atomic mass is 10.2. The molecule has 1 unspecified atom stereocenters. The minimum absolute atomic E-state index is 0.228. The van der Waals surface area contributed by atoms with Gasteiger partial charge in [-0.2, -0.15) is 0 Å². The first-order valence-electron chi connectivity index (χ1n) is 8.25. The molecule has 0 spiro atoms. The maximum absolute atomic E-state index is 13.2. The Morgan fingerprint density at radius 2 is 1.96 bits per heavy atom. The molecule has 5 nitrogen and oxygen atoms in total. The van der Waals surface area contributed by atoms with Gasteiger partial charge in [0.25, 0.3) is 5.56 Å². The minimum atomic E-state index is -0.414. The molecule has 0 fully saturated rings. The average molecular weight is 367 g/mol. The number of para-hydroxylation sites is 1. The van der Waals surface area contributed by atoms with E-state index in [1.165, 1.54) is 0 Å². The SMILES string of the molecule is C/C=C\C(N)=NC(C)c1nc2cccc(Cl)c2c(=O)n1-c1ccccc1. The van der Waals surface area contributed by atoms with E-state index in [1.54, 1.807) is 28.8 Å². The van der Waals surface area contributed by atoms with Gasteiger partial charge in [-0.3, -0.25) is 14.4 Å². The number of allylic oxidation sites excluding steroid dienone is 1. The van der Waals surface area contributed by atoms with Gasteiger partial charge in [-0.1, -0.05) is 41.9 Å². The van der Waals surface area contributed by atoms with Crippen LogP contribution in [0.2, 0.25) is 5.02 Å². The highest BCUT2D eigenvalue weighted by molar-refractivity contribution is 6.35. The molecule has 1 heterocycles. The van der Waals surface area contributed by atoms with Gasteiger partial charge in [0.2, 0.25) is 0 Å². The van der Waals surface area contributed by atoms with Crippen molar-refractivity contribution in [1.29, 1.82) is 0 Å². The van der Waals surface area contributed by atoms with E-state index in [2.05, 4.69) is 9.98 Å². The highest BCUT2D eigenvalue weighted by Crippen LogP contribution is 2.24. The van der Waals surface area contributed by atoms with Gasteiger partial charge >= 0.3 is 0 Å². The number of nitrogens with zero attached hydrogens (tertiary/aromatic N) is 3. The predicted octanol–water partition coefficient (Wildman–Crippen LogP) is 4.03. The summed E-state index contributed by atoms with van der Waals surface area (Å²) < 4.78 is 1.55. The van der Waals surface area contributed by atoms with Crippen molar-refractivity contribution in [3.8, 4) is 5.69 Å². The zero-order valence-corrected chi connectivity index (χ0v) is 15.3. The Labute approximate surface area is 156 Å². The first-order valence-corrected chi connectivity index (χ1v) is 8.63. The number of aromatic nitrogens is 2. The van der Waals surface area contributed by atoms with Crippen molar-refractivity contribution in [3.05, 3.63) is 81.9 Å². The topological polar surface area (TPSA) is 73.3 Å². The summed E-state index contributed by atoms with van der Waals surface area (Å²) >= 11 is 6.27. The number of hydrogen-bond acceptors (Lipinski definition) is 3. The Hall–Kier alpha value is -2.92. The van der Waals surface area contributed by atoms with E-state index in [9.17, 15) is 4.79 Å². The summed E-state index contributed by atoms with van der Waals surface area (Å²) in [5.41, 5.74) is 6.93. The molecule has 6 heteroatoms. The van der Waals surface area contributed by atoms with Crippen LogP contribution >= 0.6 is 11.6 Å². The largest absolute Gasteiger partial charge is 0.384 e. The van der Waals surface area contributed by atoms with E-state index in [0.717, 1.165) is 0 Å². The number of amidine groups is 1. The molecular weight excluding hydrogens is 348 g/mol. The van der Waals surface area contributed by atoms with Crippen molar-refractivity contribution < 1.29 is 0 Å². The lowest BCUT2D eigenvalue weighted by Crippen LogP contribution is -2.25. The third-order valence-corrected chi connectivity index (χ3v) is 4.26. The third kappa shape index (κ3) is 3.39. The number of fused-ring (bicyclic) bond motifs is 1. The predicted molar refractivity (Wildman–Crippen MR) is 107 cm³/mol. The summed E-state index contributed by atoms with van der Waals surface area (Å²) in [7, 11) is 0. The van der Waals surface area contributed by atoms with Gasteiger partial charge in [-0.05, 0) is 44.2 Å². The van der Waals surface area contributed by atoms with Gasteiger partial charge in [0.15, 0.2) is 0 Å². The summed E-state index contributed by atoms with van der Waals surface area (Å²) in [6.45, 7) is 3.72. The molecule has 2 N–H and O–H groups in total. The monoisotopic (exact) mass is 366 g/mol. The molecule has 0 amide bonds. The highest BCUT2D eigenvalue weighted by Gasteiger charge is 2.18. The van der Waals surface area contributed by atoms with E-state index >= 15 is 0 Å². The van der Waals surface area contributed by atoms with Crippen LogP contribution < -0.4 is 11.3 Å². The molecule has 0 aliphatic rings. The summed E-state index contributed by atoms with van der Waals surface area (Å²) in [4.78, 5) is 22.4. The fourth-order valence-electron chi connectivity index (χ4n) is 2.81. The summed E-state index contributed by atoms with van der Waals surface area (Å²) in [5, 5.41) is 0.764. The summed E-state index contributed by atoms with van der Waals surface area (Å²) in [5.74, 6) is 0.878. The molecule has 0 saturated heterocycles. The average Bonchev–Trinajstić information content (AvgIpc) is 2.62. The van der Waals surface area contributed by atoms with E-state index in [-0.39, 0.29) is 5.56 Å². The van der Waals surface area contributed by atoms with Crippen LogP contribution in [0.15, 0.2) is 70.5 Å². The van der Waals surface area contributed by atoms with Crippen molar-refractivity contribution in [2.24, 2.45) is 10.7 Å². The molecule has 1 atom stereocenters. The van der Waals surface area contributed by atoms with Crippen LogP contribution in [0.25, 0.3) is 16.6 Å². The molecule has 0 radical (unpaired) electrons. The summed E-state index contributed by atoms with van der Waals surface area (Å²) in [6, 6.07) is 14.1. The fourth-order valence-corrected chi connectivity index (χ4v) is 3.06.